The summed E-state index contributed by atoms with van der Waals surface area (Å²) in [5.41, 5.74) is 1.96. The number of carbonyl (C=O) groups is 3. The molecule has 1 N–H and O–H groups in total. The normalized spacial score (nSPS) is 19.3. The van der Waals surface area contributed by atoms with Gasteiger partial charge in [-0.2, -0.15) is 5.01 Å². The minimum Gasteiger partial charge on any atom is -0.333 e. The van der Waals surface area contributed by atoms with E-state index in [2.05, 4.69) is 5.32 Å². The number of hydrogen-bond acceptors (Lipinski definition) is 4. The molecule has 2 fully saturated rings. The molecule has 0 radical (unpaired) electrons. The van der Waals surface area contributed by atoms with Crippen LogP contribution in [0.25, 0.3) is 0 Å². The van der Waals surface area contributed by atoms with Crippen molar-refractivity contribution < 1.29 is 23.2 Å². The molecule has 0 aliphatic carbocycles. The Morgan fingerprint density at radius 3 is 2.31 bits per heavy atom. The van der Waals surface area contributed by atoms with Gasteiger partial charge in [-0.3, -0.25) is 14.6 Å². The molecular weight excluding hydrogens is 504 g/mol. The lowest BCUT2D eigenvalue weighted by Gasteiger charge is -2.45. The second-order valence-electron chi connectivity index (χ2n) is 9.71. The van der Waals surface area contributed by atoms with Crippen molar-refractivity contribution in [1.29, 1.82) is 0 Å². The van der Waals surface area contributed by atoms with E-state index in [1.807, 2.05) is 60.7 Å². The van der Waals surface area contributed by atoms with Gasteiger partial charge in [-0.15, -0.1) is 0 Å². The Bertz CT molecular complexity index is 1360. The summed E-state index contributed by atoms with van der Waals surface area (Å²) in [6.45, 7) is 0.192. The number of piperazine rings is 1. The number of fused-ring (bicyclic) bond motifs is 1. The van der Waals surface area contributed by atoms with Gasteiger partial charge in [0, 0.05) is 38.2 Å². The van der Waals surface area contributed by atoms with Crippen molar-refractivity contribution in [3.8, 4) is 0 Å². The lowest BCUT2D eigenvalue weighted by atomic mass is 10.00. The molecule has 202 valence electrons. The van der Waals surface area contributed by atoms with Crippen LogP contribution < -0.4 is 5.32 Å². The minimum atomic E-state index is -0.840. The molecule has 39 heavy (non-hydrogen) atoms. The fourth-order valence-electron chi connectivity index (χ4n) is 5.15. The summed E-state index contributed by atoms with van der Waals surface area (Å²) >= 11 is 0. The maximum absolute atomic E-state index is 14.5. The number of benzene rings is 3. The van der Waals surface area contributed by atoms with E-state index in [0.29, 0.717) is 6.54 Å². The summed E-state index contributed by atoms with van der Waals surface area (Å²) in [6, 6.07) is 20.8. The summed E-state index contributed by atoms with van der Waals surface area (Å²) < 4.78 is 28.0. The highest BCUT2D eigenvalue weighted by Crippen LogP contribution is 2.30. The lowest BCUT2D eigenvalue weighted by Crippen LogP contribution is -2.65. The molecule has 0 spiro atoms. The molecule has 2 aliphatic rings. The number of halogens is 2. The van der Waals surface area contributed by atoms with Gasteiger partial charge in [-0.1, -0.05) is 66.7 Å². The molecule has 3 aromatic carbocycles. The van der Waals surface area contributed by atoms with Crippen LogP contribution in [0, 0.1) is 11.6 Å². The quantitative estimate of drug-likeness (QED) is 0.507. The van der Waals surface area contributed by atoms with E-state index >= 15 is 0 Å². The van der Waals surface area contributed by atoms with Gasteiger partial charge in [-0.25, -0.2) is 13.6 Å². The molecule has 5 rings (SSSR count). The van der Waals surface area contributed by atoms with Gasteiger partial charge in [0.1, 0.15) is 23.8 Å². The van der Waals surface area contributed by atoms with E-state index in [0.717, 1.165) is 23.3 Å². The SMILES string of the molecule is CN(C(=O)NCc1ccccc1)N1CC(=O)N2[C@@H](Cc3ccccc3)C(=O)N(Cc3ccc(F)cc3F)C[C@@H]21. The highest BCUT2D eigenvalue weighted by molar-refractivity contribution is 5.91. The number of nitrogens with one attached hydrogen (secondary N) is 1. The van der Waals surface area contributed by atoms with E-state index in [1.54, 1.807) is 12.1 Å². The van der Waals surface area contributed by atoms with E-state index in [4.69, 9.17) is 0 Å². The van der Waals surface area contributed by atoms with Crippen molar-refractivity contribution in [2.24, 2.45) is 0 Å². The van der Waals surface area contributed by atoms with Crippen LogP contribution in [0.5, 0.6) is 0 Å². The molecule has 4 amide bonds. The standard InChI is InChI=1S/C29H29F2N5O3/c1-33(29(39)32-16-21-10-6-3-7-11-21)35-19-27(37)36-25(14-20-8-4-2-5-9-20)28(38)34(18-26(35)36)17-22-12-13-23(30)15-24(22)31/h2-13,15,25-26H,14,16-19H2,1H3,(H,32,39)/t25-,26+/m0/s1. The number of hydrogen-bond donors (Lipinski definition) is 1. The average molecular weight is 534 g/mol. The van der Waals surface area contributed by atoms with Crippen LogP contribution >= 0.6 is 0 Å². The zero-order chi connectivity index (χ0) is 27.5. The molecule has 2 atom stereocenters. The van der Waals surface area contributed by atoms with Gasteiger partial charge in [-0.05, 0) is 17.2 Å². The summed E-state index contributed by atoms with van der Waals surface area (Å²) in [6.07, 6.45) is -0.373. The zero-order valence-corrected chi connectivity index (χ0v) is 21.5. The summed E-state index contributed by atoms with van der Waals surface area (Å²) in [7, 11) is 1.57. The Hall–Kier alpha value is -4.31. The first-order valence-corrected chi connectivity index (χ1v) is 12.7. The summed E-state index contributed by atoms with van der Waals surface area (Å²) in [5.74, 6) is -2.05. The van der Waals surface area contributed by atoms with Crippen molar-refractivity contribution in [2.75, 3.05) is 20.1 Å². The van der Waals surface area contributed by atoms with Crippen LogP contribution in [-0.4, -0.2) is 70.0 Å². The van der Waals surface area contributed by atoms with Crippen molar-refractivity contribution in [3.63, 3.8) is 0 Å². The molecule has 2 saturated heterocycles. The third kappa shape index (κ3) is 5.61. The summed E-state index contributed by atoms with van der Waals surface area (Å²) in [4.78, 5) is 43.0. The number of carbonyl (C=O) groups excluding carboxylic acids is 3. The Labute approximate surface area is 225 Å². The van der Waals surface area contributed by atoms with Gasteiger partial charge >= 0.3 is 6.03 Å². The molecule has 0 aromatic heterocycles. The minimum absolute atomic E-state index is 0.0585. The van der Waals surface area contributed by atoms with E-state index in [-0.39, 0.29) is 43.4 Å². The Morgan fingerprint density at radius 1 is 0.974 bits per heavy atom. The largest absolute Gasteiger partial charge is 0.333 e. The first-order valence-electron chi connectivity index (χ1n) is 12.7. The predicted octanol–water partition coefficient (Wildman–Crippen LogP) is 3.15. The van der Waals surface area contributed by atoms with Crippen molar-refractivity contribution in [1.82, 2.24) is 25.1 Å². The topological polar surface area (TPSA) is 76.2 Å². The van der Waals surface area contributed by atoms with Gasteiger partial charge in [0.2, 0.25) is 11.8 Å². The van der Waals surface area contributed by atoms with Gasteiger partial charge < -0.3 is 15.1 Å². The fourth-order valence-corrected chi connectivity index (χ4v) is 5.15. The van der Waals surface area contributed by atoms with E-state index in [9.17, 15) is 23.2 Å². The Kier molecular flexibility index (Phi) is 7.56. The number of hydrazine groups is 1. The van der Waals surface area contributed by atoms with Crippen LogP contribution in [0.15, 0.2) is 78.9 Å². The maximum atomic E-state index is 14.5. The van der Waals surface area contributed by atoms with E-state index < -0.39 is 29.9 Å². The number of nitrogens with zero attached hydrogens (tertiary/aromatic N) is 4. The van der Waals surface area contributed by atoms with Gasteiger partial charge in [0.05, 0.1) is 13.1 Å². The average Bonchev–Trinajstić information content (AvgIpc) is 3.27. The molecule has 0 bridgehead atoms. The highest BCUT2D eigenvalue weighted by atomic mass is 19.1. The van der Waals surface area contributed by atoms with Crippen LogP contribution in [-0.2, 0) is 29.1 Å². The molecule has 3 aromatic rings. The third-order valence-electron chi connectivity index (χ3n) is 7.18. The first-order chi connectivity index (χ1) is 18.8. The van der Waals surface area contributed by atoms with Gasteiger partial charge in [0.15, 0.2) is 0 Å². The van der Waals surface area contributed by atoms with Crippen LogP contribution in [0.2, 0.25) is 0 Å². The van der Waals surface area contributed by atoms with E-state index in [1.165, 1.54) is 20.9 Å². The van der Waals surface area contributed by atoms with Crippen LogP contribution in [0.3, 0.4) is 0 Å². The molecule has 10 heteroatoms. The second kappa shape index (κ2) is 11.2. The second-order valence-corrected chi connectivity index (χ2v) is 9.71. The highest BCUT2D eigenvalue weighted by Gasteiger charge is 2.51. The van der Waals surface area contributed by atoms with Crippen molar-refractivity contribution in [2.45, 2.75) is 31.7 Å². The van der Waals surface area contributed by atoms with Crippen LogP contribution in [0.4, 0.5) is 13.6 Å². The monoisotopic (exact) mass is 533 g/mol. The Morgan fingerprint density at radius 2 is 1.64 bits per heavy atom. The molecule has 0 saturated carbocycles. The number of urea groups is 1. The van der Waals surface area contributed by atoms with Crippen molar-refractivity contribution in [3.05, 3.63) is 107 Å². The third-order valence-corrected chi connectivity index (χ3v) is 7.18. The molecular formula is C29H29F2N5O3. The zero-order valence-electron chi connectivity index (χ0n) is 21.5. The first kappa shape index (κ1) is 26.3. The molecule has 0 unspecified atom stereocenters. The summed E-state index contributed by atoms with van der Waals surface area (Å²) in [5, 5.41) is 5.84. The lowest BCUT2D eigenvalue weighted by molar-refractivity contribution is -0.157. The fraction of sp³-hybridized carbons (Fsp3) is 0.276. The van der Waals surface area contributed by atoms with Gasteiger partial charge in [0.25, 0.3) is 0 Å². The predicted molar refractivity (Wildman–Crippen MR) is 139 cm³/mol. The Balaban J connectivity index is 1.40. The molecule has 8 nitrogen and oxygen atoms in total. The number of amides is 4. The molecule has 2 heterocycles. The molecule has 2 aliphatic heterocycles. The smallest absolute Gasteiger partial charge is 0.332 e. The maximum Gasteiger partial charge on any atom is 0.332 e. The van der Waals surface area contributed by atoms with Crippen molar-refractivity contribution >= 4 is 17.8 Å². The number of rotatable bonds is 7. The van der Waals surface area contributed by atoms with Crippen LogP contribution in [0.1, 0.15) is 16.7 Å².